The van der Waals surface area contributed by atoms with Crippen LogP contribution >= 0.6 is 8.53 Å². The fraction of sp³-hybridized carbons (Fsp3) is 0.783. The molecule has 1 fully saturated rings. The van der Waals surface area contributed by atoms with Crippen molar-refractivity contribution < 1.29 is 18.5 Å². The lowest BCUT2D eigenvalue weighted by Crippen LogP contribution is -2.37. The fourth-order valence-corrected chi connectivity index (χ4v) is 5.43. The molecular weight excluding hydrogens is 459 g/mol. The van der Waals surface area contributed by atoms with E-state index in [1.165, 1.54) is 10.8 Å². The Bertz CT molecular complexity index is 940. The highest BCUT2D eigenvalue weighted by Crippen LogP contribution is 2.50. The maximum atomic E-state index is 12.5. The van der Waals surface area contributed by atoms with Crippen molar-refractivity contribution in [3.05, 3.63) is 32.6 Å². The molecule has 2 heterocycles. The van der Waals surface area contributed by atoms with Gasteiger partial charge in [0, 0.05) is 30.3 Å². The molecule has 4 atom stereocenters. The van der Waals surface area contributed by atoms with E-state index >= 15 is 0 Å². The molecule has 0 aliphatic carbocycles. The second-order valence-corrected chi connectivity index (χ2v) is 11.4. The van der Waals surface area contributed by atoms with Gasteiger partial charge in [-0.1, -0.05) is 0 Å². The van der Waals surface area contributed by atoms with Crippen molar-refractivity contribution in [2.75, 3.05) is 13.2 Å². The molecular formula is C23H39N4O6P. The Hall–Kier alpha value is -1.60. The first-order valence-electron chi connectivity index (χ1n) is 11.7. The van der Waals surface area contributed by atoms with E-state index in [0.717, 1.165) is 0 Å². The first-order chi connectivity index (χ1) is 15.8. The van der Waals surface area contributed by atoms with E-state index in [0.29, 0.717) is 12.0 Å². The van der Waals surface area contributed by atoms with E-state index in [2.05, 4.69) is 43.4 Å². The second-order valence-electron chi connectivity index (χ2n) is 9.96. The first kappa shape index (κ1) is 28.6. The summed E-state index contributed by atoms with van der Waals surface area (Å²) >= 11 is 0. The van der Waals surface area contributed by atoms with Crippen LogP contribution in [-0.2, 0) is 18.5 Å². The SMILES string of the molecule is Cc1cn([C@H]2CC(OP(OCCC#N)N(C(C)C)C(C)C)[C@@H](COC(C)(C)C)O2)c(=O)[nH]c1=O. The lowest BCUT2D eigenvalue weighted by Gasteiger charge is -2.37. The van der Waals surface area contributed by atoms with Crippen molar-refractivity contribution in [1.82, 2.24) is 14.2 Å². The molecule has 34 heavy (non-hydrogen) atoms. The molecule has 10 nitrogen and oxygen atoms in total. The number of H-pyrrole nitrogens is 1. The minimum atomic E-state index is -1.50. The molecule has 192 valence electrons. The van der Waals surface area contributed by atoms with Gasteiger partial charge >= 0.3 is 5.69 Å². The Balaban J connectivity index is 2.33. The van der Waals surface area contributed by atoms with Crippen LogP contribution < -0.4 is 11.2 Å². The third kappa shape index (κ3) is 7.98. The van der Waals surface area contributed by atoms with Crippen LogP contribution in [0.15, 0.2) is 15.8 Å². The molecule has 11 heteroatoms. The number of aromatic amines is 1. The smallest absolute Gasteiger partial charge is 0.330 e. The molecule has 0 bridgehead atoms. The van der Waals surface area contributed by atoms with Crippen LogP contribution in [0.5, 0.6) is 0 Å². The number of nitriles is 1. The largest absolute Gasteiger partial charge is 0.373 e. The van der Waals surface area contributed by atoms with Crippen LogP contribution in [0, 0.1) is 18.3 Å². The quantitative estimate of drug-likeness (QED) is 0.363. The van der Waals surface area contributed by atoms with E-state index in [4.69, 9.17) is 23.8 Å². The van der Waals surface area contributed by atoms with Crippen molar-refractivity contribution in [3.8, 4) is 6.07 Å². The van der Waals surface area contributed by atoms with Gasteiger partial charge in [-0.15, -0.1) is 0 Å². The number of ether oxygens (including phenoxy) is 2. The minimum absolute atomic E-state index is 0.153. The van der Waals surface area contributed by atoms with Gasteiger partial charge in [0.25, 0.3) is 14.1 Å². The lowest BCUT2D eigenvalue weighted by molar-refractivity contribution is -0.0977. The van der Waals surface area contributed by atoms with Crippen molar-refractivity contribution >= 4 is 8.53 Å². The van der Waals surface area contributed by atoms with E-state index in [1.807, 2.05) is 20.8 Å². The Morgan fingerprint density at radius 2 is 1.94 bits per heavy atom. The predicted octanol–water partition coefficient (Wildman–Crippen LogP) is 3.61. The number of aromatic nitrogens is 2. The van der Waals surface area contributed by atoms with Crippen LogP contribution in [0.3, 0.4) is 0 Å². The van der Waals surface area contributed by atoms with Crippen molar-refractivity contribution in [2.24, 2.45) is 0 Å². The molecule has 1 aromatic rings. The molecule has 0 spiro atoms. The van der Waals surface area contributed by atoms with Gasteiger partial charge in [-0.2, -0.15) is 5.26 Å². The zero-order valence-electron chi connectivity index (χ0n) is 21.5. The summed E-state index contributed by atoms with van der Waals surface area (Å²) in [5.74, 6) is 0. The van der Waals surface area contributed by atoms with Gasteiger partial charge < -0.3 is 18.5 Å². The molecule has 0 aromatic carbocycles. The Morgan fingerprint density at radius 3 is 2.50 bits per heavy atom. The molecule has 2 unspecified atom stereocenters. The predicted molar refractivity (Wildman–Crippen MR) is 130 cm³/mol. The third-order valence-corrected chi connectivity index (χ3v) is 7.36. The first-order valence-corrected chi connectivity index (χ1v) is 12.8. The van der Waals surface area contributed by atoms with Gasteiger partial charge in [-0.25, -0.2) is 9.46 Å². The van der Waals surface area contributed by atoms with Crippen LogP contribution in [-0.4, -0.2) is 57.3 Å². The molecule has 1 saturated heterocycles. The number of nitrogens with zero attached hydrogens (tertiary/aromatic N) is 3. The number of hydrogen-bond acceptors (Lipinski definition) is 8. The molecule has 0 saturated carbocycles. The summed E-state index contributed by atoms with van der Waals surface area (Å²) in [5.41, 5.74) is -0.912. The summed E-state index contributed by atoms with van der Waals surface area (Å²) in [6.07, 6.45) is 0.668. The van der Waals surface area contributed by atoms with Crippen molar-refractivity contribution in [3.63, 3.8) is 0 Å². The molecule has 2 rings (SSSR count). The Morgan fingerprint density at radius 1 is 1.29 bits per heavy atom. The summed E-state index contributed by atoms with van der Waals surface area (Å²) in [5, 5.41) is 8.97. The molecule has 1 N–H and O–H groups in total. The van der Waals surface area contributed by atoms with E-state index < -0.39 is 38.2 Å². The van der Waals surface area contributed by atoms with Crippen LogP contribution in [0.1, 0.15) is 73.1 Å². The maximum absolute atomic E-state index is 12.5. The molecule has 0 radical (unpaired) electrons. The highest BCUT2D eigenvalue weighted by Gasteiger charge is 2.42. The molecule has 1 aromatic heterocycles. The number of hydrogen-bond donors (Lipinski definition) is 1. The molecule has 1 aliphatic heterocycles. The average molecular weight is 499 g/mol. The Labute approximate surface area is 203 Å². The summed E-state index contributed by atoms with van der Waals surface area (Å²) < 4.78 is 28.4. The highest BCUT2D eigenvalue weighted by atomic mass is 31.2. The average Bonchev–Trinajstić information content (AvgIpc) is 3.10. The second kappa shape index (κ2) is 12.4. The number of rotatable bonds is 11. The van der Waals surface area contributed by atoms with Gasteiger partial charge in [-0.05, 0) is 55.4 Å². The number of aryl methyl sites for hydroxylation is 1. The molecule has 1 aliphatic rings. The third-order valence-electron chi connectivity index (χ3n) is 5.21. The normalized spacial score (nSPS) is 22.0. The Kier molecular flexibility index (Phi) is 10.4. The van der Waals surface area contributed by atoms with Crippen LogP contribution in [0.2, 0.25) is 0 Å². The highest BCUT2D eigenvalue weighted by molar-refractivity contribution is 7.44. The van der Waals surface area contributed by atoms with Crippen molar-refractivity contribution in [2.45, 2.75) is 104 Å². The minimum Gasteiger partial charge on any atom is -0.373 e. The fourth-order valence-electron chi connectivity index (χ4n) is 3.67. The zero-order valence-corrected chi connectivity index (χ0v) is 22.4. The summed E-state index contributed by atoms with van der Waals surface area (Å²) in [7, 11) is -1.50. The van der Waals surface area contributed by atoms with E-state index in [1.54, 1.807) is 6.92 Å². The van der Waals surface area contributed by atoms with E-state index in [-0.39, 0.29) is 37.3 Å². The lowest BCUT2D eigenvalue weighted by atomic mass is 10.1. The summed E-state index contributed by atoms with van der Waals surface area (Å²) in [4.78, 5) is 26.6. The van der Waals surface area contributed by atoms with Gasteiger partial charge in [0.05, 0.1) is 37.4 Å². The zero-order chi connectivity index (χ0) is 25.6. The van der Waals surface area contributed by atoms with Gasteiger partial charge in [-0.3, -0.25) is 14.3 Å². The number of nitrogens with one attached hydrogen (secondary N) is 1. The topological polar surface area (TPSA) is 119 Å². The monoisotopic (exact) mass is 498 g/mol. The van der Waals surface area contributed by atoms with Crippen LogP contribution in [0.4, 0.5) is 0 Å². The summed E-state index contributed by atoms with van der Waals surface area (Å²) in [6, 6.07) is 2.41. The van der Waals surface area contributed by atoms with Gasteiger partial charge in [0.1, 0.15) is 12.3 Å². The van der Waals surface area contributed by atoms with Gasteiger partial charge in [0.15, 0.2) is 0 Å². The molecule has 0 amide bonds. The van der Waals surface area contributed by atoms with Gasteiger partial charge in [0.2, 0.25) is 0 Å². The standard InChI is InChI=1S/C23H39N4O6P/c1-15(2)27(16(3)4)34(31-11-9-10-24)33-18-12-20(32-19(18)14-30-23(6,7)8)26-13-17(5)21(28)25-22(26)29/h13,15-16,18-20H,9,11-12,14H2,1-8H3,(H,25,28,29)/t18?,19-,20-,34?/m1/s1. The van der Waals surface area contributed by atoms with Crippen molar-refractivity contribution in [1.29, 1.82) is 5.26 Å². The summed E-state index contributed by atoms with van der Waals surface area (Å²) in [6.45, 7) is 16.3. The maximum Gasteiger partial charge on any atom is 0.330 e. The van der Waals surface area contributed by atoms with E-state index in [9.17, 15) is 9.59 Å². The van der Waals surface area contributed by atoms with Crippen LogP contribution in [0.25, 0.3) is 0 Å².